The van der Waals surface area contributed by atoms with Crippen LogP contribution in [-0.2, 0) is 6.54 Å². The minimum Gasteiger partial charge on any atom is -0.497 e. The molecule has 2 aliphatic rings. The molecule has 0 spiro atoms. The Morgan fingerprint density at radius 2 is 1.79 bits per heavy atom. The summed E-state index contributed by atoms with van der Waals surface area (Å²) in [6, 6.07) is 17.5. The lowest BCUT2D eigenvalue weighted by Crippen LogP contribution is -2.34. The van der Waals surface area contributed by atoms with Gasteiger partial charge in [0.25, 0.3) is 5.91 Å². The van der Waals surface area contributed by atoms with E-state index in [4.69, 9.17) is 9.26 Å². The third-order valence-electron chi connectivity index (χ3n) is 6.61. The number of hydrogen-bond donors (Lipinski definition) is 0. The highest BCUT2D eigenvalue weighted by Crippen LogP contribution is 2.36. The van der Waals surface area contributed by atoms with Crippen molar-refractivity contribution >= 4 is 11.8 Å². The minimum absolute atomic E-state index is 0.0364. The van der Waals surface area contributed by atoms with Gasteiger partial charge in [0.15, 0.2) is 0 Å². The Labute approximate surface area is 195 Å². The lowest BCUT2D eigenvalue weighted by Gasteiger charge is -2.28. The van der Waals surface area contributed by atoms with Crippen LogP contribution in [0.4, 0.5) is 5.88 Å². The van der Waals surface area contributed by atoms with Crippen LogP contribution in [0.2, 0.25) is 0 Å². The van der Waals surface area contributed by atoms with Crippen molar-refractivity contribution in [2.45, 2.75) is 38.6 Å². The Morgan fingerprint density at radius 1 is 1.06 bits per heavy atom. The standard InChI is InChI=1S/C27H31N3O3/c1-32-23-14-12-22(13-15-23)26(31)30(18-20-10-11-20)19-24-25(21-8-4-2-5-9-21)28-33-27(24)29-16-6-3-7-17-29/h2,4-5,8-9,12-15,20H,3,6-7,10-11,16-19H2,1H3. The summed E-state index contributed by atoms with van der Waals surface area (Å²) in [4.78, 5) is 17.9. The summed E-state index contributed by atoms with van der Waals surface area (Å²) >= 11 is 0. The Balaban J connectivity index is 1.49. The van der Waals surface area contributed by atoms with Crippen molar-refractivity contribution in [3.05, 3.63) is 65.7 Å². The molecule has 3 aromatic rings. The van der Waals surface area contributed by atoms with Gasteiger partial charge in [-0.05, 0) is 62.3 Å². The quantitative estimate of drug-likeness (QED) is 0.465. The number of carbonyl (C=O) groups is 1. The van der Waals surface area contributed by atoms with E-state index in [9.17, 15) is 4.79 Å². The highest BCUT2D eigenvalue weighted by molar-refractivity contribution is 5.94. The number of benzene rings is 2. The number of nitrogens with zero attached hydrogens (tertiary/aromatic N) is 3. The van der Waals surface area contributed by atoms with Gasteiger partial charge in [-0.25, -0.2) is 0 Å². The van der Waals surface area contributed by atoms with Crippen molar-refractivity contribution in [3.63, 3.8) is 0 Å². The molecule has 2 aromatic carbocycles. The first-order valence-corrected chi connectivity index (χ1v) is 11.9. The second kappa shape index (κ2) is 9.69. The molecule has 2 heterocycles. The molecule has 1 aliphatic carbocycles. The normalized spacial score (nSPS) is 16.0. The highest BCUT2D eigenvalue weighted by Gasteiger charge is 2.31. The zero-order chi connectivity index (χ0) is 22.6. The fourth-order valence-electron chi connectivity index (χ4n) is 4.55. The van der Waals surface area contributed by atoms with E-state index in [2.05, 4.69) is 22.2 Å². The van der Waals surface area contributed by atoms with Crippen molar-refractivity contribution in [1.29, 1.82) is 0 Å². The molecule has 33 heavy (non-hydrogen) atoms. The van der Waals surface area contributed by atoms with Crippen LogP contribution in [-0.4, -0.2) is 42.7 Å². The summed E-state index contributed by atoms with van der Waals surface area (Å²) in [7, 11) is 1.63. The number of aromatic nitrogens is 1. The van der Waals surface area contributed by atoms with Gasteiger partial charge < -0.3 is 19.1 Å². The third-order valence-corrected chi connectivity index (χ3v) is 6.61. The number of hydrogen-bond acceptors (Lipinski definition) is 5. The fourth-order valence-corrected chi connectivity index (χ4v) is 4.55. The van der Waals surface area contributed by atoms with Gasteiger partial charge in [0.05, 0.1) is 19.2 Å². The first kappa shape index (κ1) is 21.6. The number of amides is 1. The molecule has 1 amide bonds. The molecule has 0 N–H and O–H groups in total. The van der Waals surface area contributed by atoms with Gasteiger partial charge in [-0.3, -0.25) is 4.79 Å². The Morgan fingerprint density at radius 3 is 2.45 bits per heavy atom. The Bertz CT molecular complexity index is 1070. The van der Waals surface area contributed by atoms with Crippen molar-refractivity contribution in [3.8, 4) is 17.0 Å². The van der Waals surface area contributed by atoms with Gasteiger partial charge in [-0.2, -0.15) is 0 Å². The van der Waals surface area contributed by atoms with Crippen molar-refractivity contribution < 1.29 is 14.1 Å². The van der Waals surface area contributed by atoms with E-state index >= 15 is 0 Å². The number of methoxy groups -OCH3 is 1. The molecule has 6 heteroatoms. The molecule has 0 unspecified atom stereocenters. The lowest BCUT2D eigenvalue weighted by atomic mass is 10.0. The van der Waals surface area contributed by atoms with Gasteiger partial charge in [-0.1, -0.05) is 35.5 Å². The van der Waals surface area contributed by atoms with Crippen molar-refractivity contribution in [1.82, 2.24) is 10.1 Å². The molecule has 6 nitrogen and oxygen atoms in total. The lowest BCUT2D eigenvalue weighted by molar-refractivity contribution is 0.0735. The van der Waals surface area contributed by atoms with Gasteiger partial charge in [0, 0.05) is 30.8 Å². The average molecular weight is 446 g/mol. The van der Waals surface area contributed by atoms with Gasteiger partial charge in [-0.15, -0.1) is 0 Å². The van der Waals surface area contributed by atoms with Crippen LogP contribution in [0, 0.1) is 5.92 Å². The number of carbonyl (C=O) groups excluding carboxylic acids is 1. The first-order chi connectivity index (χ1) is 16.2. The van der Waals surface area contributed by atoms with E-state index < -0.39 is 0 Å². The Kier molecular flexibility index (Phi) is 6.33. The van der Waals surface area contributed by atoms with Crippen LogP contribution in [0.3, 0.4) is 0 Å². The van der Waals surface area contributed by atoms with E-state index in [-0.39, 0.29) is 5.91 Å². The predicted molar refractivity (Wildman–Crippen MR) is 128 cm³/mol. The second-order valence-corrected chi connectivity index (χ2v) is 9.09. The molecular formula is C27H31N3O3. The van der Waals surface area contributed by atoms with Crippen molar-refractivity contribution in [2.24, 2.45) is 5.92 Å². The molecule has 1 aromatic heterocycles. The van der Waals surface area contributed by atoms with Crippen LogP contribution in [0.1, 0.15) is 48.0 Å². The maximum Gasteiger partial charge on any atom is 0.254 e. The van der Waals surface area contributed by atoms with E-state index in [1.807, 2.05) is 47.4 Å². The zero-order valence-electron chi connectivity index (χ0n) is 19.2. The van der Waals surface area contributed by atoms with Crippen LogP contribution in [0.5, 0.6) is 5.75 Å². The molecule has 1 aliphatic heterocycles. The third kappa shape index (κ3) is 4.90. The van der Waals surface area contributed by atoms with E-state index in [0.717, 1.165) is 60.9 Å². The van der Waals surface area contributed by atoms with E-state index in [1.165, 1.54) is 19.3 Å². The summed E-state index contributed by atoms with van der Waals surface area (Å²) in [6.07, 6.45) is 5.91. The summed E-state index contributed by atoms with van der Waals surface area (Å²) in [5.41, 5.74) is 3.53. The van der Waals surface area contributed by atoms with Crippen molar-refractivity contribution in [2.75, 3.05) is 31.6 Å². The topological polar surface area (TPSA) is 58.8 Å². The molecule has 0 bridgehead atoms. The minimum atomic E-state index is 0.0364. The van der Waals surface area contributed by atoms with Crippen LogP contribution in [0.15, 0.2) is 59.1 Å². The number of piperidine rings is 1. The number of ether oxygens (including phenoxy) is 1. The van der Waals surface area contributed by atoms with Gasteiger partial charge >= 0.3 is 0 Å². The maximum atomic E-state index is 13.6. The Hall–Kier alpha value is -3.28. The highest BCUT2D eigenvalue weighted by atomic mass is 16.5. The monoisotopic (exact) mass is 445 g/mol. The second-order valence-electron chi connectivity index (χ2n) is 9.09. The average Bonchev–Trinajstić information content (AvgIpc) is 3.61. The number of rotatable bonds is 8. The zero-order valence-corrected chi connectivity index (χ0v) is 19.2. The van der Waals surface area contributed by atoms with Crippen LogP contribution >= 0.6 is 0 Å². The predicted octanol–water partition coefficient (Wildman–Crippen LogP) is 5.39. The number of anilines is 1. The summed E-state index contributed by atoms with van der Waals surface area (Å²) in [5, 5.41) is 4.49. The molecule has 0 atom stereocenters. The fraction of sp³-hybridized carbons (Fsp3) is 0.407. The molecule has 1 saturated carbocycles. The molecule has 2 fully saturated rings. The SMILES string of the molecule is COc1ccc(C(=O)N(Cc2c(-c3ccccc3)noc2N2CCCCC2)CC2CC2)cc1. The van der Waals surface area contributed by atoms with E-state index in [0.29, 0.717) is 18.0 Å². The molecule has 5 rings (SSSR count). The smallest absolute Gasteiger partial charge is 0.254 e. The summed E-state index contributed by atoms with van der Waals surface area (Å²) in [6.45, 7) is 3.17. The van der Waals surface area contributed by atoms with Crippen LogP contribution in [0.25, 0.3) is 11.3 Å². The van der Waals surface area contributed by atoms with Gasteiger partial charge in [0.1, 0.15) is 11.4 Å². The molecular weight excluding hydrogens is 414 g/mol. The first-order valence-electron chi connectivity index (χ1n) is 11.9. The summed E-state index contributed by atoms with van der Waals surface area (Å²) in [5.74, 6) is 2.18. The molecule has 0 radical (unpaired) electrons. The van der Waals surface area contributed by atoms with Gasteiger partial charge in [0.2, 0.25) is 5.88 Å². The van der Waals surface area contributed by atoms with E-state index in [1.54, 1.807) is 7.11 Å². The summed E-state index contributed by atoms with van der Waals surface area (Å²) < 4.78 is 11.2. The largest absolute Gasteiger partial charge is 0.497 e. The van der Waals surface area contributed by atoms with Crippen LogP contribution < -0.4 is 9.64 Å². The molecule has 172 valence electrons. The molecule has 1 saturated heterocycles. The maximum absolute atomic E-state index is 13.6.